The van der Waals surface area contributed by atoms with Gasteiger partial charge in [-0.1, -0.05) is 43.3 Å². The number of hydrogen-bond donors (Lipinski definition) is 1. The molecule has 11 heteroatoms. The Morgan fingerprint density at radius 3 is 2.35 bits per heavy atom. The van der Waals surface area contributed by atoms with Gasteiger partial charge in [0.15, 0.2) is 6.23 Å². The number of carbonyl (C=O) groups is 2. The lowest BCUT2D eigenvalue weighted by Gasteiger charge is -2.32. The van der Waals surface area contributed by atoms with Gasteiger partial charge in [-0.05, 0) is 106 Å². The Bertz CT molecular complexity index is 1670. The molecule has 1 N–H and O–H groups in total. The van der Waals surface area contributed by atoms with E-state index in [9.17, 15) is 14.7 Å². The number of allylic oxidation sites excluding steroid dienone is 1. The molecule has 262 valence electrons. The van der Waals surface area contributed by atoms with Crippen molar-refractivity contribution in [1.82, 2.24) is 19.6 Å². The fraction of sp³-hybridized carbons (Fsp3) is 0.500. The lowest BCUT2D eigenvalue weighted by Crippen LogP contribution is -2.41. The Kier molecular flexibility index (Phi) is 11.4. The van der Waals surface area contributed by atoms with Gasteiger partial charge >= 0.3 is 13.2 Å². The smallest absolute Gasteiger partial charge is 0.465 e. The van der Waals surface area contributed by atoms with Gasteiger partial charge in [0.05, 0.1) is 22.9 Å². The van der Waals surface area contributed by atoms with E-state index in [2.05, 4.69) is 77.1 Å². The summed E-state index contributed by atoms with van der Waals surface area (Å²) in [6.07, 6.45) is 9.17. The van der Waals surface area contributed by atoms with Crippen LogP contribution in [0.15, 0.2) is 66.3 Å². The van der Waals surface area contributed by atoms with Crippen LogP contribution in [0.25, 0.3) is 16.5 Å². The molecule has 1 unspecified atom stereocenters. The van der Waals surface area contributed by atoms with Crippen molar-refractivity contribution in [3.8, 4) is 0 Å². The van der Waals surface area contributed by atoms with Crippen LogP contribution in [0.1, 0.15) is 89.6 Å². The van der Waals surface area contributed by atoms with E-state index >= 15 is 0 Å². The SMILES string of the molecule is CC/C(B1OC(C)(C)C(C)(C)O1)=C(/c1ccc(CCCN(C/C=C/C(=O)N(C)C)C(=O)O)cc1)c1ccc2c(cnn2C2CCCCO2)c1. The highest BCUT2D eigenvalue weighted by atomic mass is 16.7. The van der Waals surface area contributed by atoms with Crippen molar-refractivity contribution in [2.24, 2.45) is 0 Å². The molecule has 0 aliphatic carbocycles. The zero-order chi connectivity index (χ0) is 35.3. The Labute approximate surface area is 290 Å². The minimum atomic E-state index is -1.00. The predicted molar refractivity (Wildman–Crippen MR) is 193 cm³/mol. The molecule has 49 heavy (non-hydrogen) atoms. The number of amides is 2. The molecule has 0 radical (unpaired) electrons. The van der Waals surface area contributed by atoms with Crippen LogP contribution in [-0.2, 0) is 25.3 Å². The van der Waals surface area contributed by atoms with Gasteiger partial charge < -0.3 is 29.0 Å². The van der Waals surface area contributed by atoms with Crippen LogP contribution in [0.2, 0.25) is 0 Å². The molecule has 1 atom stereocenters. The summed E-state index contributed by atoms with van der Waals surface area (Å²) in [7, 11) is 2.82. The van der Waals surface area contributed by atoms with Gasteiger partial charge in [-0.3, -0.25) is 4.79 Å². The third-order valence-corrected chi connectivity index (χ3v) is 9.99. The molecule has 2 fully saturated rings. The average molecular weight is 671 g/mol. The molecule has 1 aromatic heterocycles. The topological polar surface area (TPSA) is 106 Å². The van der Waals surface area contributed by atoms with Crippen LogP contribution in [0.4, 0.5) is 4.79 Å². The summed E-state index contributed by atoms with van der Waals surface area (Å²) in [6, 6.07) is 15.0. The number of carboxylic acid groups (broad SMARTS) is 1. The normalized spacial score (nSPS) is 19.3. The number of fused-ring (bicyclic) bond motifs is 1. The van der Waals surface area contributed by atoms with Crippen LogP contribution in [0.5, 0.6) is 0 Å². The molecule has 2 saturated heterocycles. The van der Waals surface area contributed by atoms with Gasteiger partial charge in [-0.25, -0.2) is 9.48 Å². The number of ether oxygens (including phenoxy) is 1. The molecule has 2 aliphatic heterocycles. The molecule has 2 aromatic carbocycles. The maximum atomic E-state index is 11.8. The van der Waals surface area contributed by atoms with E-state index in [1.54, 1.807) is 20.2 Å². The molecular formula is C38H51BN4O6. The monoisotopic (exact) mass is 670 g/mol. The summed E-state index contributed by atoms with van der Waals surface area (Å²) in [5, 5.41) is 15.5. The van der Waals surface area contributed by atoms with E-state index in [4.69, 9.17) is 19.1 Å². The zero-order valence-electron chi connectivity index (χ0n) is 30.1. The molecule has 3 aromatic rings. The number of likely N-dealkylation sites (N-methyl/N-ethyl adjacent to an activating group) is 1. The fourth-order valence-electron chi connectivity index (χ4n) is 6.35. The number of benzene rings is 2. The van der Waals surface area contributed by atoms with Crippen molar-refractivity contribution in [2.45, 2.75) is 90.6 Å². The Morgan fingerprint density at radius 1 is 1.04 bits per heavy atom. The number of nitrogens with zero attached hydrogens (tertiary/aromatic N) is 4. The molecule has 5 rings (SSSR count). The highest BCUT2D eigenvalue weighted by Gasteiger charge is 2.52. The van der Waals surface area contributed by atoms with E-state index in [-0.39, 0.29) is 18.7 Å². The summed E-state index contributed by atoms with van der Waals surface area (Å²) in [4.78, 5) is 26.4. The number of carbonyl (C=O) groups excluding carboxylic acids is 1. The lowest BCUT2D eigenvalue weighted by molar-refractivity contribution is -0.123. The average Bonchev–Trinajstić information content (AvgIpc) is 3.59. The molecule has 0 spiro atoms. The molecule has 3 heterocycles. The summed E-state index contributed by atoms with van der Waals surface area (Å²) >= 11 is 0. The van der Waals surface area contributed by atoms with Gasteiger partial charge in [-0.2, -0.15) is 5.10 Å². The van der Waals surface area contributed by atoms with Crippen molar-refractivity contribution in [3.63, 3.8) is 0 Å². The van der Waals surface area contributed by atoms with Gasteiger partial charge in [0.25, 0.3) is 0 Å². The fourth-order valence-corrected chi connectivity index (χ4v) is 6.35. The van der Waals surface area contributed by atoms with Crippen molar-refractivity contribution in [2.75, 3.05) is 33.8 Å². The van der Waals surface area contributed by atoms with E-state index in [1.165, 1.54) is 15.9 Å². The van der Waals surface area contributed by atoms with Crippen LogP contribution in [0.3, 0.4) is 0 Å². The second-order valence-electron chi connectivity index (χ2n) is 14.2. The number of aromatic nitrogens is 2. The van der Waals surface area contributed by atoms with Crippen LogP contribution < -0.4 is 0 Å². The van der Waals surface area contributed by atoms with Gasteiger partial charge in [0.1, 0.15) is 0 Å². The van der Waals surface area contributed by atoms with Gasteiger partial charge in [-0.15, -0.1) is 0 Å². The van der Waals surface area contributed by atoms with Crippen LogP contribution in [0, 0.1) is 0 Å². The van der Waals surface area contributed by atoms with Gasteiger partial charge in [0, 0.05) is 45.3 Å². The summed E-state index contributed by atoms with van der Waals surface area (Å²) in [5.74, 6) is -0.174. The minimum Gasteiger partial charge on any atom is -0.465 e. The Morgan fingerprint density at radius 2 is 1.73 bits per heavy atom. The first-order valence-electron chi connectivity index (χ1n) is 17.4. The van der Waals surface area contributed by atoms with Crippen LogP contribution >= 0.6 is 0 Å². The number of hydrogen-bond acceptors (Lipinski definition) is 6. The molecular weight excluding hydrogens is 619 g/mol. The predicted octanol–water partition coefficient (Wildman–Crippen LogP) is 7.14. The summed E-state index contributed by atoms with van der Waals surface area (Å²) in [5.41, 5.74) is 5.49. The Hall–Kier alpha value is -3.93. The van der Waals surface area contributed by atoms with Crippen molar-refractivity contribution < 1.29 is 28.7 Å². The quantitative estimate of drug-likeness (QED) is 0.161. The van der Waals surface area contributed by atoms with E-state index in [1.807, 2.05) is 10.9 Å². The Balaban J connectivity index is 1.41. The maximum Gasteiger partial charge on any atom is 0.491 e. The van der Waals surface area contributed by atoms with E-state index in [0.29, 0.717) is 13.0 Å². The molecule has 2 aliphatic rings. The van der Waals surface area contributed by atoms with E-state index < -0.39 is 24.4 Å². The molecule has 10 nitrogen and oxygen atoms in total. The summed E-state index contributed by atoms with van der Waals surface area (Å²) in [6.45, 7) is 11.7. The molecule has 0 bridgehead atoms. The molecule has 0 saturated carbocycles. The third kappa shape index (κ3) is 8.28. The summed E-state index contributed by atoms with van der Waals surface area (Å²) < 4.78 is 21.2. The maximum absolute atomic E-state index is 11.8. The van der Waals surface area contributed by atoms with Crippen molar-refractivity contribution in [1.29, 1.82) is 0 Å². The van der Waals surface area contributed by atoms with E-state index in [0.717, 1.165) is 77.3 Å². The largest absolute Gasteiger partial charge is 0.491 e. The highest BCUT2D eigenvalue weighted by molar-refractivity contribution is 6.56. The zero-order valence-corrected chi connectivity index (χ0v) is 30.1. The third-order valence-electron chi connectivity index (χ3n) is 9.99. The second kappa shape index (κ2) is 15.3. The highest BCUT2D eigenvalue weighted by Crippen LogP contribution is 2.42. The second-order valence-corrected chi connectivity index (χ2v) is 14.2. The number of aryl methyl sites for hydroxylation is 1. The number of rotatable bonds is 12. The first-order chi connectivity index (χ1) is 23.3. The minimum absolute atomic E-state index is 0.0399. The van der Waals surface area contributed by atoms with Crippen molar-refractivity contribution in [3.05, 3.63) is 83.0 Å². The molecule has 2 amide bonds. The first-order valence-corrected chi connectivity index (χ1v) is 17.4. The lowest BCUT2D eigenvalue weighted by atomic mass is 9.70. The first kappa shape index (κ1) is 36.4. The standard InChI is InChI=1S/C38H51BN4O6/c1-8-31(39-48-37(2,3)38(4,5)49-39)35(29-20-21-32-30(25-29)26-40-43(32)34-15-9-10-24-47-34)28-18-16-27(17-19-28)13-11-22-42(36(45)46)23-12-14-33(44)41(6)7/h12,14,16-21,25-26,34H,8-11,13,15,22-24H2,1-7H3,(H,45,46)/b14-12+,35-31+. The van der Waals surface area contributed by atoms with Crippen LogP contribution in [-0.4, -0.2) is 88.8 Å². The van der Waals surface area contributed by atoms with Crippen molar-refractivity contribution >= 4 is 35.6 Å². The van der Waals surface area contributed by atoms with Gasteiger partial charge in [0.2, 0.25) is 5.91 Å².